The number of halogens is 2. The van der Waals surface area contributed by atoms with Crippen molar-refractivity contribution < 1.29 is 14.7 Å². The van der Waals surface area contributed by atoms with Crippen LogP contribution in [0.5, 0.6) is 0 Å². The van der Waals surface area contributed by atoms with Crippen LogP contribution in [0.25, 0.3) is 0 Å². The molecule has 0 fully saturated rings. The van der Waals surface area contributed by atoms with E-state index in [1.165, 1.54) is 6.92 Å². The highest BCUT2D eigenvalue weighted by Gasteiger charge is 2.21. The lowest BCUT2D eigenvalue weighted by atomic mass is 10.1. The zero-order valence-corrected chi connectivity index (χ0v) is 10.5. The Balaban J connectivity index is 2.93. The van der Waals surface area contributed by atoms with Gasteiger partial charge in [-0.05, 0) is 17.7 Å². The SMILES string of the molecule is CC(=O)N[C@H](Cc1c(Cl)cccc1Cl)C(=O)O. The Morgan fingerprint density at radius 3 is 2.29 bits per heavy atom. The Hall–Kier alpha value is -1.26. The molecule has 92 valence electrons. The van der Waals surface area contributed by atoms with Crippen LogP contribution in [0.4, 0.5) is 0 Å². The van der Waals surface area contributed by atoms with Crippen molar-refractivity contribution in [3.05, 3.63) is 33.8 Å². The maximum Gasteiger partial charge on any atom is 0.326 e. The molecule has 0 saturated heterocycles. The van der Waals surface area contributed by atoms with Gasteiger partial charge < -0.3 is 10.4 Å². The second kappa shape index (κ2) is 5.89. The van der Waals surface area contributed by atoms with E-state index in [-0.39, 0.29) is 6.42 Å². The molecule has 0 aliphatic carbocycles. The van der Waals surface area contributed by atoms with E-state index in [0.29, 0.717) is 15.6 Å². The second-order valence-electron chi connectivity index (χ2n) is 3.50. The molecule has 0 saturated carbocycles. The van der Waals surface area contributed by atoms with Crippen molar-refractivity contribution in [1.29, 1.82) is 0 Å². The molecule has 17 heavy (non-hydrogen) atoms. The summed E-state index contributed by atoms with van der Waals surface area (Å²) in [6.45, 7) is 1.25. The average molecular weight is 276 g/mol. The summed E-state index contributed by atoms with van der Waals surface area (Å²) in [4.78, 5) is 21.8. The van der Waals surface area contributed by atoms with Gasteiger partial charge >= 0.3 is 5.97 Å². The number of carbonyl (C=O) groups excluding carboxylic acids is 1. The van der Waals surface area contributed by atoms with Crippen molar-refractivity contribution in [2.75, 3.05) is 0 Å². The molecule has 0 spiro atoms. The van der Waals surface area contributed by atoms with Crippen molar-refractivity contribution in [3.63, 3.8) is 0 Å². The van der Waals surface area contributed by atoms with Crippen LogP contribution < -0.4 is 5.32 Å². The molecule has 1 aromatic rings. The minimum atomic E-state index is -1.13. The molecule has 6 heteroatoms. The summed E-state index contributed by atoms with van der Waals surface area (Å²) in [5.41, 5.74) is 0.511. The van der Waals surface area contributed by atoms with Crippen molar-refractivity contribution in [3.8, 4) is 0 Å². The number of hydrogen-bond donors (Lipinski definition) is 2. The molecule has 0 unspecified atom stereocenters. The minimum absolute atomic E-state index is 0.0490. The van der Waals surface area contributed by atoms with Crippen LogP contribution in [-0.2, 0) is 16.0 Å². The van der Waals surface area contributed by atoms with Gasteiger partial charge in [0.25, 0.3) is 0 Å². The first-order valence-electron chi connectivity index (χ1n) is 4.84. The predicted molar refractivity (Wildman–Crippen MR) is 65.4 cm³/mol. The zero-order chi connectivity index (χ0) is 13.0. The molecule has 0 bridgehead atoms. The summed E-state index contributed by atoms with van der Waals surface area (Å²) in [5, 5.41) is 12.1. The van der Waals surface area contributed by atoms with Crippen molar-refractivity contribution in [2.24, 2.45) is 0 Å². The van der Waals surface area contributed by atoms with E-state index in [4.69, 9.17) is 28.3 Å². The van der Waals surface area contributed by atoms with Gasteiger partial charge in [0.1, 0.15) is 6.04 Å². The number of amides is 1. The fraction of sp³-hybridized carbons (Fsp3) is 0.273. The molecule has 0 aliphatic rings. The van der Waals surface area contributed by atoms with Crippen LogP contribution in [0, 0.1) is 0 Å². The molecule has 1 rings (SSSR count). The smallest absolute Gasteiger partial charge is 0.326 e. The number of carbonyl (C=O) groups is 2. The second-order valence-corrected chi connectivity index (χ2v) is 4.31. The molecular weight excluding hydrogens is 265 g/mol. The van der Waals surface area contributed by atoms with Gasteiger partial charge in [-0.15, -0.1) is 0 Å². The van der Waals surface area contributed by atoms with Crippen molar-refractivity contribution in [1.82, 2.24) is 5.32 Å². The van der Waals surface area contributed by atoms with Crippen LogP contribution in [0.1, 0.15) is 12.5 Å². The third-order valence-corrected chi connectivity index (χ3v) is 2.85. The van der Waals surface area contributed by atoms with Gasteiger partial charge in [-0.25, -0.2) is 4.79 Å². The highest BCUT2D eigenvalue weighted by atomic mass is 35.5. The molecular formula is C11H11Cl2NO3. The summed E-state index contributed by atoms with van der Waals surface area (Å²) in [5.74, 6) is -1.54. The van der Waals surface area contributed by atoms with Gasteiger partial charge in [0.2, 0.25) is 5.91 Å². The lowest BCUT2D eigenvalue weighted by Gasteiger charge is -2.15. The first kappa shape index (κ1) is 13.8. The van der Waals surface area contributed by atoms with Crippen LogP contribution in [0.3, 0.4) is 0 Å². The number of carboxylic acids is 1. The molecule has 0 aromatic heterocycles. The van der Waals surface area contributed by atoms with E-state index in [9.17, 15) is 9.59 Å². The molecule has 0 aliphatic heterocycles. The third kappa shape index (κ3) is 3.91. The van der Waals surface area contributed by atoms with E-state index in [0.717, 1.165) is 0 Å². The Morgan fingerprint density at radius 2 is 1.88 bits per heavy atom. The molecule has 1 aromatic carbocycles. The van der Waals surface area contributed by atoms with Gasteiger partial charge in [-0.3, -0.25) is 4.79 Å². The minimum Gasteiger partial charge on any atom is -0.480 e. The molecule has 0 heterocycles. The van der Waals surface area contributed by atoms with Gasteiger partial charge in [-0.1, -0.05) is 29.3 Å². The van der Waals surface area contributed by atoms with Crippen LogP contribution >= 0.6 is 23.2 Å². The number of benzene rings is 1. The number of carboxylic acid groups (broad SMARTS) is 1. The molecule has 2 N–H and O–H groups in total. The molecule has 1 atom stereocenters. The fourth-order valence-corrected chi connectivity index (χ4v) is 1.93. The Bertz CT molecular complexity index is 428. The van der Waals surface area contributed by atoms with E-state index in [2.05, 4.69) is 5.32 Å². The van der Waals surface area contributed by atoms with Gasteiger partial charge in [-0.2, -0.15) is 0 Å². The van der Waals surface area contributed by atoms with Crippen LogP contribution in [0.2, 0.25) is 10.0 Å². The normalized spacial score (nSPS) is 11.9. The molecule has 0 radical (unpaired) electrons. The largest absolute Gasteiger partial charge is 0.480 e. The zero-order valence-electron chi connectivity index (χ0n) is 9.04. The quantitative estimate of drug-likeness (QED) is 0.885. The molecule has 4 nitrogen and oxygen atoms in total. The Kier molecular flexibility index (Phi) is 4.78. The highest BCUT2D eigenvalue weighted by Crippen LogP contribution is 2.25. The van der Waals surface area contributed by atoms with E-state index >= 15 is 0 Å². The summed E-state index contributed by atoms with van der Waals surface area (Å²) >= 11 is 11.8. The standard InChI is InChI=1S/C11H11Cl2NO3/c1-6(15)14-10(11(16)17)5-7-8(12)3-2-4-9(7)13/h2-4,10H,5H2,1H3,(H,14,15)(H,16,17)/t10-/m1/s1. The Morgan fingerprint density at radius 1 is 1.35 bits per heavy atom. The first-order chi connectivity index (χ1) is 7.91. The predicted octanol–water partition coefficient (Wildman–Crippen LogP) is 2.13. The number of nitrogens with one attached hydrogen (secondary N) is 1. The number of rotatable bonds is 4. The summed E-state index contributed by atoms with van der Waals surface area (Å²) in [6, 6.07) is 3.87. The monoisotopic (exact) mass is 275 g/mol. The fourth-order valence-electron chi connectivity index (χ4n) is 1.38. The van der Waals surface area contributed by atoms with Crippen LogP contribution in [-0.4, -0.2) is 23.0 Å². The summed E-state index contributed by atoms with van der Waals surface area (Å²) < 4.78 is 0. The molecule has 1 amide bonds. The average Bonchev–Trinajstić information content (AvgIpc) is 2.21. The topological polar surface area (TPSA) is 66.4 Å². The van der Waals surface area contributed by atoms with Gasteiger partial charge in [0, 0.05) is 23.4 Å². The van der Waals surface area contributed by atoms with Gasteiger partial charge in [0.05, 0.1) is 0 Å². The van der Waals surface area contributed by atoms with E-state index < -0.39 is 17.9 Å². The van der Waals surface area contributed by atoms with E-state index in [1.54, 1.807) is 18.2 Å². The van der Waals surface area contributed by atoms with E-state index in [1.807, 2.05) is 0 Å². The van der Waals surface area contributed by atoms with Crippen molar-refractivity contribution >= 4 is 35.1 Å². The lowest BCUT2D eigenvalue weighted by Crippen LogP contribution is -2.41. The van der Waals surface area contributed by atoms with Crippen LogP contribution in [0.15, 0.2) is 18.2 Å². The Labute approximate surface area is 109 Å². The lowest BCUT2D eigenvalue weighted by molar-refractivity contribution is -0.141. The maximum absolute atomic E-state index is 11.0. The maximum atomic E-state index is 11.0. The van der Waals surface area contributed by atoms with Gasteiger partial charge in [0.15, 0.2) is 0 Å². The number of hydrogen-bond acceptors (Lipinski definition) is 2. The summed E-state index contributed by atoms with van der Waals surface area (Å²) in [6.07, 6.45) is 0.0490. The first-order valence-corrected chi connectivity index (χ1v) is 5.60. The highest BCUT2D eigenvalue weighted by molar-refractivity contribution is 6.36. The van der Waals surface area contributed by atoms with Crippen molar-refractivity contribution in [2.45, 2.75) is 19.4 Å². The third-order valence-electron chi connectivity index (χ3n) is 2.15. The summed E-state index contributed by atoms with van der Waals surface area (Å²) in [7, 11) is 0. The number of aliphatic carboxylic acids is 1.